The standard InChI is InChI=1S/C17H22FN3O3S/c1-11-16(12(2)20-19-11)25(22,23)21-9-15(24-10-17(21,3)4)13-7-5-6-8-14(13)18/h5-8,15H,9-10H2,1-4H3,(H,19,20). The van der Waals surface area contributed by atoms with Crippen molar-refractivity contribution in [3.63, 3.8) is 0 Å². The van der Waals surface area contributed by atoms with Crippen LogP contribution in [0.1, 0.15) is 36.9 Å². The summed E-state index contributed by atoms with van der Waals surface area (Å²) >= 11 is 0. The van der Waals surface area contributed by atoms with E-state index in [0.717, 1.165) is 0 Å². The number of nitrogens with one attached hydrogen (secondary N) is 1. The van der Waals surface area contributed by atoms with Crippen LogP contribution in [0.2, 0.25) is 0 Å². The molecule has 25 heavy (non-hydrogen) atoms. The summed E-state index contributed by atoms with van der Waals surface area (Å²) < 4.78 is 47.9. The summed E-state index contributed by atoms with van der Waals surface area (Å²) in [6.07, 6.45) is -0.656. The van der Waals surface area contributed by atoms with Gasteiger partial charge in [0.1, 0.15) is 10.7 Å². The minimum absolute atomic E-state index is 0.0420. The molecule has 0 saturated carbocycles. The quantitative estimate of drug-likeness (QED) is 0.905. The molecule has 136 valence electrons. The highest BCUT2D eigenvalue weighted by atomic mass is 32.2. The number of ether oxygens (including phenoxy) is 1. The predicted octanol–water partition coefficient (Wildman–Crippen LogP) is 2.71. The molecule has 8 heteroatoms. The zero-order chi connectivity index (χ0) is 18.4. The number of aromatic nitrogens is 2. The van der Waals surface area contributed by atoms with E-state index in [2.05, 4.69) is 10.2 Å². The summed E-state index contributed by atoms with van der Waals surface area (Å²) in [6, 6.07) is 6.28. The summed E-state index contributed by atoms with van der Waals surface area (Å²) in [5, 5.41) is 6.71. The van der Waals surface area contributed by atoms with E-state index in [9.17, 15) is 12.8 Å². The van der Waals surface area contributed by atoms with Crippen LogP contribution in [0.15, 0.2) is 29.2 Å². The molecule has 3 rings (SSSR count). The topological polar surface area (TPSA) is 75.3 Å². The number of benzene rings is 1. The fraction of sp³-hybridized carbons (Fsp3) is 0.471. The Kier molecular flexibility index (Phi) is 4.47. The van der Waals surface area contributed by atoms with Crippen LogP contribution in [-0.2, 0) is 14.8 Å². The number of aromatic amines is 1. The number of hydrogen-bond donors (Lipinski definition) is 1. The molecule has 1 N–H and O–H groups in total. The molecule has 1 atom stereocenters. The molecule has 0 aliphatic carbocycles. The Labute approximate surface area is 147 Å². The second-order valence-electron chi connectivity index (χ2n) is 6.93. The van der Waals surface area contributed by atoms with Crippen molar-refractivity contribution in [1.29, 1.82) is 0 Å². The van der Waals surface area contributed by atoms with Gasteiger partial charge in [-0.25, -0.2) is 12.8 Å². The van der Waals surface area contributed by atoms with Crippen molar-refractivity contribution in [1.82, 2.24) is 14.5 Å². The van der Waals surface area contributed by atoms with Gasteiger partial charge in [-0.3, -0.25) is 5.10 Å². The number of H-pyrrole nitrogens is 1. The first kappa shape index (κ1) is 18.0. The van der Waals surface area contributed by atoms with Gasteiger partial charge in [0.25, 0.3) is 0 Å². The first-order valence-corrected chi connectivity index (χ1v) is 9.49. The van der Waals surface area contributed by atoms with Crippen molar-refractivity contribution < 1.29 is 17.5 Å². The number of hydrogen-bond acceptors (Lipinski definition) is 4. The highest BCUT2D eigenvalue weighted by Gasteiger charge is 2.45. The summed E-state index contributed by atoms with van der Waals surface area (Å²) in [5.74, 6) is -0.403. The van der Waals surface area contributed by atoms with E-state index in [-0.39, 0.29) is 18.0 Å². The number of sulfonamides is 1. The van der Waals surface area contributed by atoms with Crippen LogP contribution in [0.4, 0.5) is 4.39 Å². The summed E-state index contributed by atoms with van der Waals surface area (Å²) in [5.41, 5.74) is 0.514. The van der Waals surface area contributed by atoms with E-state index in [1.807, 2.05) is 0 Å². The van der Waals surface area contributed by atoms with E-state index in [0.29, 0.717) is 17.0 Å². The predicted molar refractivity (Wildman–Crippen MR) is 91.1 cm³/mol. The number of rotatable bonds is 3. The molecule has 6 nitrogen and oxygen atoms in total. The van der Waals surface area contributed by atoms with Gasteiger partial charge >= 0.3 is 0 Å². The molecule has 1 fully saturated rings. The number of halogens is 1. The van der Waals surface area contributed by atoms with E-state index in [1.54, 1.807) is 45.9 Å². The second-order valence-corrected chi connectivity index (χ2v) is 8.73. The van der Waals surface area contributed by atoms with Crippen molar-refractivity contribution in [3.8, 4) is 0 Å². The van der Waals surface area contributed by atoms with E-state index < -0.39 is 27.5 Å². The largest absolute Gasteiger partial charge is 0.370 e. The zero-order valence-electron chi connectivity index (χ0n) is 14.7. The van der Waals surface area contributed by atoms with Gasteiger partial charge in [-0.1, -0.05) is 18.2 Å². The third-order valence-electron chi connectivity index (χ3n) is 4.51. The smallest absolute Gasteiger partial charge is 0.247 e. The molecule has 1 aliphatic heterocycles. The number of morpholine rings is 1. The Balaban J connectivity index is 2.02. The number of aryl methyl sites for hydroxylation is 2. The molecule has 0 amide bonds. The van der Waals surface area contributed by atoms with E-state index >= 15 is 0 Å². The van der Waals surface area contributed by atoms with Crippen molar-refractivity contribution in [3.05, 3.63) is 47.0 Å². The first-order chi connectivity index (χ1) is 11.6. The molecule has 0 spiro atoms. The molecule has 1 aliphatic rings. The molecular weight excluding hydrogens is 345 g/mol. The Hall–Kier alpha value is -1.77. The highest BCUT2D eigenvalue weighted by Crippen LogP contribution is 2.36. The molecule has 1 aromatic carbocycles. The molecule has 2 heterocycles. The highest BCUT2D eigenvalue weighted by molar-refractivity contribution is 7.89. The van der Waals surface area contributed by atoms with Gasteiger partial charge in [-0.05, 0) is 33.8 Å². The van der Waals surface area contributed by atoms with Crippen LogP contribution in [0.25, 0.3) is 0 Å². The fourth-order valence-corrected chi connectivity index (χ4v) is 5.31. The lowest BCUT2D eigenvalue weighted by Crippen LogP contribution is -2.56. The van der Waals surface area contributed by atoms with Crippen LogP contribution in [-0.4, -0.2) is 41.6 Å². The van der Waals surface area contributed by atoms with Gasteiger partial charge < -0.3 is 4.74 Å². The van der Waals surface area contributed by atoms with Gasteiger partial charge in [0.2, 0.25) is 10.0 Å². The average Bonchev–Trinajstić information content (AvgIpc) is 2.87. The monoisotopic (exact) mass is 367 g/mol. The Bertz CT molecular complexity index is 873. The van der Waals surface area contributed by atoms with Crippen molar-refractivity contribution >= 4 is 10.0 Å². The normalized spacial score (nSPS) is 21.4. The van der Waals surface area contributed by atoms with E-state index in [1.165, 1.54) is 10.4 Å². The van der Waals surface area contributed by atoms with Gasteiger partial charge in [-0.15, -0.1) is 0 Å². The van der Waals surface area contributed by atoms with Crippen LogP contribution >= 0.6 is 0 Å². The zero-order valence-corrected chi connectivity index (χ0v) is 15.5. The molecule has 2 aromatic rings. The lowest BCUT2D eigenvalue weighted by molar-refractivity contribution is -0.0668. The van der Waals surface area contributed by atoms with Crippen molar-refractivity contribution in [2.75, 3.05) is 13.2 Å². The molecular formula is C17H22FN3O3S. The maximum Gasteiger partial charge on any atom is 0.247 e. The summed E-state index contributed by atoms with van der Waals surface area (Å²) in [7, 11) is -3.80. The number of nitrogens with zero attached hydrogens (tertiary/aromatic N) is 2. The Morgan fingerprint density at radius 1 is 1.32 bits per heavy atom. The van der Waals surface area contributed by atoms with E-state index in [4.69, 9.17) is 4.74 Å². The van der Waals surface area contributed by atoms with Crippen LogP contribution in [0.5, 0.6) is 0 Å². The maximum atomic E-state index is 14.1. The van der Waals surface area contributed by atoms with Crippen LogP contribution in [0.3, 0.4) is 0 Å². The minimum Gasteiger partial charge on any atom is -0.370 e. The van der Waals surface area contributed by atoms with Crippen molar-refractivity contribution in [2.45, 2.75) is 44.2 Å². The SMILES string of the molecule is Cc1n[nH]c(C)c1S(=O)(=O)N1CC(c2ccccc2F)OCC1(C)C. The molecule has 0 bridgehead atoms. The average molecular weight is 367 g/mol. The van der Waals surface area contributed by atoms with Gasteiger partial charge in [0, 0.05) is 12.1 Å². The van der Waals surface area contributed by atoms with Gasteiger partial charge in [0.05, 0.1) is 29.6 Å². The Morgan fingerprint density at radius 2 is 2.00 bits per heavy atom. The third-order valence-corrected chi connectivity index (χ3v) is 6.85. The third kappa shape index (κ3) is 3.09. The van der Waals surface area contributed by atoms with Gasteiger partial charge in [-0.2, -0.15) is 9.40 Å². The lowest BCUT2D eigenvalue weighted by Gasteiger charge is -2.44. The fourth-order valence-electron chi connectivity index (χ4n) is 3.21. The lowest BCUT2D eigenvalue weighted by atomic mass is 10.0. The van der Waals surface area contributed by atoms with Crippen molar-refractivity contribution in [2.24, 2.45) is 0 Å². The summed E-state index contributed by atoms with van der Waals surface area (Å²) in [4.78, 5) is 0.176. The molecule has 0 radical (unpaired) electrons. The van der Waals surface area contributed by atoms with Gasteiger partial charge in [0.15, 0.2) is 0 Å². The van der Waals surface area contributed by atoms with Crippen LogP contribution < -0.4 is 0 Å². The molecule has 1 aromatic heterocycles. The first-order valence-electron chi connectivity index (χ1n) is 8.05. The maximum absolute atomic E-state index is 14.1. The molecule has 1 saturated heterocycles. The van der Waals surface area contributed by atoms with Crippen LogP contribution in [0, 0.1) is 19.7 Å². The Morgan fingerprint density at radius 3 is 2.60 bits per heavy atom. The second kappa shape index (κ2) is 6.19. The summed E-state index contributed by atoms with van der Waals surface area (Å²) in [6.45, 7) is 7.13. The minimum atomic E-state index is -3.80. The molecule has 1 unspecified atom stereocenters.